The molecule has 2 aromatic heterocycles. The molecule has 3 heterocycles. The maximum Gasteiger partial charge on any atom is 0.224 e. The first-order chi connectivity index (χ1) is 11.4. The van der Waals surface area contributed by atoms with Gasteiger partial charge in [0, 0.05) is 43.4 Å². The van der Waals surface area contributed by atoms with E-state index < -0.39 is 6.10 Å². The number of hydrogen-bond acceptors (Lipinski definition) is 4. The molecule has 2 N–H and O–H groups in total. The Balaban J connectivity index is 1.53. The number of aryl methyl sites for hydroxylation is 4. The van der Waals surface area contributed by atoms with Crippen molar-refractivity contribution in [3.8, 4) is 0 Å². The molecule has 1 aliphatic heterocycles. The van der Waals surface area contributed by atoms with E-state index >= 15 is 0 Å². The molecule has 0 unspecified atom stereocenters. The number of aromatic nitrogens is 4. The van der Waals surface area contributed by atoms with E-state index in [0.717, 1.165) is 22.8 Å². The number of carbonyl (C=O) groups is 1. The smallest absolute Gasteiger partial charge is 0.224 e. The lowest BCUT2D eigenvalue weighted by atomic mass is 10.0. The van der Waals surface area contributed by atoms with E-state index in [0.29, 0.717) is 32.5 Å². The van der Waals surface area contributed by atoms with Crippen LogP contribution in [0.3, 0.4) is 0 Å². The molecule has 7 heteroatoms. The number of rotatable bonds is 5. The first-order valence-electron chi connectivity index (χ1n) is 8.40. The zero-order valence-corrected chi connectivity index (χ0v) is 14.5. The van der Waals surface area contributed by atoms with E-state index in [1.165, 1.54) is 0 Å². The van der Waals surface area contributed by atoms with Crippen LogP contribution in [-0.2, 0) is 17.8 Å². The summed E-state index contributed by atoms with van der Waals surface area (Å²) in [5, 5.41) is 21.8. The molecular formula is C17H25N5O2. The molecule has 2 atom stereocenters. The average molecular weight is 331 g/mol. The third-order valence-corrected chi connectivity index (χ3v) is 4.63. The van der Waals surface area contributed by atoms with Crippen molar-refractivity contribution in [2.45, 2.75) is 46.3 Å². The lowest BCUT2D eigenvalue weighted by Crippen LogP contribution is -2.30. The Morgan fingerprint density at radius 3 is 2.75 bits per heavy atom. The highest BCUT2D eigenvalue weighted by molar-refractivity contribution is 5.76. The van der Waals surface area contributed by atoms with Gasteiger partial charge in [-0.1, -0.05) is 0 Å². The van der Waals surface area contributed by atoms with Gasteiger partial charge in [0.25, 0.3) is 0 Å². The van der Waals surface area contributed by atoms with Crippen LogP contribution in [0.1, 0.15) is 29.2 Å². The Labute approximate surface area is 141 Å². The number of nitrogens with zero attached hydrogens (tertiary/aromatic N) is 4. The summed E-state index contributed by atoms with van der Waals surface area (Å²) in [6.45, 7) is 7.47. The predicted molar refractivity (Wildman–Crippen MR) is 89.4 cm³/mol. The minimum Gasteiger partial charge on any atom is -0.391 e. The number of aliphatic hydroxyl groups excluding tert-OH is 1. The van der Waals surface area contributed by atoms with E-state index in [2.05, 4.69) is 15.3 Å². The van der Waals surface area contributed by atoms with Crippen LogP contribution >= 0.6 is 0 Å². The van der Waals surface area contributed by atoms with Crippen LogP contribution in [0.15, 0.2) is 12.1 Å². The quantitative estimate of drug-likeness (QED) is 0.855. The summed E-state index contributed by atoms with van der Waals surface area (Å²) < 4.78 is 1.86. The van der Waals surface area contributed by atoms with Gasteiger partial charge in [-0.25, -0.2) is 0 Å². The fraction of sp³-hybridized carbons (Fsp3) is 0.588. The number of β-amino-alcohol motifs (C(OH)–C–C–N with tert-alkyl or cyclic N) is 1. The maximum absolute atomic E-state index is 12.4. The number of likely N-dealkylation sites (tertiary alicyclic amines) is 1. The molecule has 1 amide bonds. The normalized spacial score (nSPS) is 20.8. The van der Waals surface area contributed by atoms with Crippen molar-refractivity contribution in [2.24, 2.45) is 5.92 Å². The van der Waals surface area contributed by atoms with Crippen LogP contribution in [-0.4, -0.2) is 55.1 Å². The first kappa shape index (κ1) is 16.7. The Morgan fingerprint density at radius 2 is 2.12 bits per heavy atom. The van der Waals surface area contributed by atoms with Crippen molar-refractivity contribution >= 4 is 5.91 Å². The summed E-state index contributed by atoms with van der Waals surface area (Å²) in [5.74, 6) is 0.118. The zero-order chi connectivity index (χ0) is 17.3. The second-order valence-corrected chi connectivity index (χ2v) is 6.77. The van der Waals surface area contributed by atoms with Crippen molar-refractivity contribution in [3.05, 3.63) is 34.9 Å². The molecule has 0 spiro atoms. The molecule has 0 bridgehead atoms. The molecule has 7 nitrogen and oxygen atoms in total. The third kappa shape index (κ3) is 3.67. The van der Waals surface area contributed by atoms with Gasteiger partial charge < -0.3 is 10.0 Å². The number of hydrogen-bond donors (Lipinski definition) is 2. The van der Waals surface area contributed by atoms with Crippen LogP contribution in [0.5, 0.6) is 0 Å². The van der Waals surface area contributed by atoms with Gasteiger partial charge in [0.15, 0.2) is 0 Å². The summed E-state index contributed by atoms with van der Waals surface area (Å²) in [7, 11) is 0. The highest BCUT2D eigenvalue weighted by Gasteiger charge is 2.34. The molecule has 24 heavy (non-hydrogen) atoms. The number of aliphatic hydroxyl groups is 1. The second-order valence-electron chi connectivity index (χ2n) is 6.77. The summed E-state index contributed by atoms with van der Waals surface area (Å²) in [5.41, 5.74) is 3.98. The highest BCUT2D eigenvalue weighted by Crippen LogP contribution is 2.22. The van der Waals surface area contributed by atoms with Gasteiger partial charge in [-0.15, -0.1) is 0 Å². The Hall–Kier alpha value is -2.15. The first-order valence-corrected chi connectivity index (χ1v) is 8.40. The minimum atomic E-state index is -0.486. The number of amides is 1. The van der Waals surface area contributed by atoms with Gasteiger partial charge in [-0.2, -0.15) is 10.2 Å². The van der Waals surface area contributed by atoms with Crippen LogP contribution < -0.4 is 0 Å². The molecule has 2 aromatic rings. The fourth-order valence-electron chi connectivity index (χ4n) is 3.37. The third-order valence-electron chi connectivity index (χ3n) is 4.63. The highest BCUT2D eigenvalue weighted by atomic mass is 16.3. The van der Waals surface area contributed by atoms with E-state index in [9.17, 15) is 9.90 Å². The lowest BCUT2D eigenvalue weighted by molar-refractivity contribution is -0.130. The molecule has 1 saturated heterocycles. The second kappa shape index (κ2) is 6.76. The molecule has 130 valence electrons. The molecular weight excluding hydrogens is 306 g/mol. The number of H-pyrrole nitrogens is 1. The Bertz CT molecular complexity index is 720. The van der Waals surface area contributed by atoms with Gasteiger partial charge in [-0.05, 0) is 39.3 Å². The lowest BCUT2D eigenvalue weighted by Gasteiger charge is -2.16. The molecule has 0 radical (unpaired) electrons. The van der Waals surface area contributed by atoms with Gasteiger partial charge in [0.1, 0.15) is 0 Å². The minimum absolute atomic E-state index is 0.0466. The van der Waals surface area contributed by atoms with E-state index in [-0.39, 0.29) is 11.8 Å². The van der Waals surface area contributed by atoms with Crippen LogP contribution in [0.25, 0.3) is 0 Å². The van der Waals surface area contributed by atoms with Crippen molar-refractivity contribution in [3.63, 3.8) is 0 Å². The standard InChI is InChI=1S/C17H25N5O2/c1-11-7-15(19-18-11)8-14-9-21(10-16(14)23)17(24)4-5-22-13(3)6-12(2)20-22/h6-7,14,16,23H,4-5,8-10H2,1-3H3,(H,18,19)/t14-,16-/m1/s1. The van der Waals surface area contributed by atoms with Gasteiger partial charge in [0.05, 0.1) is 17.5 Å². The summed E-state index contributed by atoms with van der Waals surface area (Å²) in [6.07, 6.45) is 0.606. The average Bonchev–Trinajstić information content (AvgIpc) is 3.18. The van der Waals surface area contributed by atoms with E-state index in [1.807, 2.05) is 37.6 Å². The van der Waals surface area contributed by atoms with Crippen LogP contribution in [0.4, 0.5) is 0 Å². The Morgan fingerprint density at radius 1 is 1.33 bits per heavy atom. The van der Waals surface area contributed by atoms with Crippen LogP contribution in [0.2, 0.25) is 0 Å². The molecule has 1 aliphatic rings. The van der Waals surface area contributed by atoms with Crippen molar-refractivity contribution < 1.29 is 9.90 Å². The van der Waals surface area contributed by atoms with E-state index in [4.69, 9.17) is 0 Å². The van der Waals surface area contributed by atoms with Crippen molar-refractivity contribution in [1.29, 1.82) is 0 Å². The monoisotopic (exact) mass is 331 g/mol. The predicted octanol–water partition coefficient (Wildman–Crippen LogP) is 0.984. The van der Waals surface area contributed by atoms with Crippen molar-refractivity contribution in [1.82, 2.24) is 24.9 Å². The van der Waals surface area contributed by atoms with Gasteiger partial charge >= 0.3 is 0 Å². The van der Waals surface area contributed by atoms with Crippen molar-refractivity contribution in [2.75, 3.05) is 13.1 Å². The largest absolute Gasteiger partial charge is 0.391 e. The SMILES string of the molecule is Cc1cc(C)n(CCC(=O)N2C[C@@H](Cc3cc(C)[nH]n3)[C@H](O)C2)n1. The maximum atomic E-state index is 12.4. The molecule has 0 aliphatic carbocycles. The molecule has 0 saturated carbocycles. The Kier molecular flexibility index (Phi) is 4.71. The topological polar surface area (TPSA) is 87.0 Å². The van der Waals surface area contributed by atoms with Crippen LogP contribution in [0, 0.1) is 26.7 Å². The molecule has 3 rings (SSSR count). The number of nitrogens with one attached hydrogen (secondary N) is 1. The summed E-state index contributed by atoms with van der Waals surface area (Å²) >= 11 is 0. The molecule has 1 fully saturated rings. The number of carbonyl (C=O) groups excluding carboxylic acids is 1. The summed E-state index contributed by atoms with van der Waals surface area (Å²) in [4.78, 5) is 14.2. The summed E-state index contributed by atoms with van der Waals surface area (Å²) in [6, 6.07) is 3.99. The number of aromatic amines is 1. The zero-order valence-electron chi connectivity index (χ0n) is 14.5. The fourth-order valence-corrected chi connectivity index (χ4v) is 3.37. The molecule has 0 aromatic carbocycles. The van der Waals surface area contributed by atoms with E-state index in [1.54, 1.807) is 4.90 Å². The van der Waals surface area contributed by atoms with Gasteiger partial charge in [-0.3, -0.25) is 14.6 Å². The van der Waals surface area contributed by atoms with Gasteiger partial charge in [0.2, 0.25) is 5.91 Å².